The Kier molecular flexibility index (Phi) is 5.08. The molecule has 2 aromatic rings. The quantitative estimate of drug-likeness (QED) is 0.870. The molecule has 144 valence electrons. The van der Waals surface area contributed by atoms with Crippen LogP contribution in [0.15, 0.2) is 23.6 Å². The van der Waals surface area contributed by atoms with Gasteiger partial charge < -0.3 is 19.5 Å². The lowest BCUT2D eigenvalue weighted by molar-refractivity contribution is -0.134. The molecule has 2 aliphatic heterocycles. The molecule has 0 unspecified atom stereocenters. The van der Waals surface area contributed by atoms with E-state index in [-0.39, 0.29) is 12.5 Å². The number of carbonyl (C=O) groups excluding carboxylic acids is 1. The normalized spacial score (nSPS) is 19.4. The van der Waals surface area contributed by atoms with Crippen LogP contribution in [0.25, 0.3) is 0 Å². The first-order chi connectivity index (χ1) is 13.1. The summed E-state index contributed by atoms with van der Waals surface area (Å²) in [6, 6.07) is 5.77. The lowest BCUT2D eigenvalue weighted by Crippen LogP contribution is -2.44. The summed E-state index contributed by atoms with van der Waals surface area (Å²) in [5, 5.41) is 12.8. The minimum Gasteiger partial charge on any atom is -0.496 e. The summed E-state index contributed by atoms with van der Waals surface area (Å²) in [4.78, 5) is 18.1. The largest absolute Gasteiger partial charge is 0.496 e. The fourth-order valence-corrected chi connectivity index (χ4v) is 4.91. The number of amides is 1. The van der Waals surface area contributed by atoms with Crippen LogP contribution in [-0.4, -0.2) is 54.7 Å². The molecule has 0 spiro atoms. The van der Waals surface area contributed by atoms with Gasteiger partial charge in [0, 0.05) is 42.2 Å². The zero-order chi connectivity index (χ0) is 19.0. The van der Waals surface area contributed by atoms with Gasteiger partial charge in [-0.1, -0.05) is 0 Å². The molecule has 1 aromatic heterocycles. The Balaban J connectivity index is 1.50. The number of β-amino-alcohol motifs (C(OH)–C–C–N with tert-alkyl or cyclic N) is 1. The first-order valence-corrected chi connectivity index (χ1v) is 9.96. The molecule has 0 bridgehead atoms. The Morgan fingerprint density at radius 3 is 2.78 bits per heavy atom. The van der Waals surface area contributed by atoms with E-state index in [9.17, 15) is 9.90 Å². The molecule has 0 aliphatic carbocycles. The number of hydrogen-bond donors (Lipinski definition) is 1. The van der Waals surface area contributed by atoms with Gasteiger partial charge in [-0.05, 0) is 35.6 Å². The molecule has 27 heavy (non-hydrogen) atoms. The molecule has 1 amide bonds. The Morgan fingerprint density at radius 2 is 2.00 bits per heavy atom. The van der Waals surface area contributed by atoms with Crippen molar-refractivity contribution in [3.8, 4) is 11.5 Å². The first-order valence-electron chi connectivity index (χ1n) is 9.08. The van der Waals surface area contributed by atoms with Crippen molar-refractivity contribution in [2.75, 3.05) is 33.9 Å². The number of carbonyl (C=O) groups is 1. The maximum absolute atomic E-state index is 12.8. The van der Waals surface area contributed by atoms with Crippen LogP contribution >= 0.6 is 11.3 Å². The van der Waals surface area contributed by atoms with Crippen molar-refractivity contribution < 1.29 is 19.4 Å². The third kappa shape index (κ3) is 3.42. The highest BCUT2D eigenvalue weighted by molar-refractivity contribution is 7.10. The summed E-state index contributed by atoms with van der Waals surface area (Å²) in [6.07, 6.45) is 0.214. The van der Waals surface area contributed by atoms with Gasteiger partial charge in [0.1, 0.15) is 11.5 Å². The molecule has 0 radical (unpaired) electrons. The van der Waals surface area contributed by atoms with Crippen molar-refractivity contribution in [2.45, 2.75) is 25.6 Å². The van der Waals surface area contributed by atoms with Gasteiger partial charge in [0.25, 0.3) is 0 Å². The van der Waals surface area contributed by atoms with E-state index in [2.05, 4.69) is 11.4 Å². The number of nitrogens with zero attached hydrogens (tertiary/aromatic N) is 2. The summed E-state index contributed by atoms with van der Waals surface area (Å²) in [5.41, 5.74) is 2.92. The molecular weight excluding hydrogens is 364 g/mol. The molecule has 0 saturated heterocycles. The maximum Gasteiger partial charge on any atom is 0.237 e. The molecule has 4 rings (SSSR count). The molecule has 0 saturated carbocycles. The Bertz CT molecular complexity index is 851. The molecule has 1 aromatic carbocycles. The van der Waals surface area contributed by atoms with Gasteiger partial charge in [-0.25, -0.2) is 0 Å². The number of thiophene rings is 1. The number of methoxy groups -OCH3 is 2. The maximum atomic E-state index is 12.8. The van der Waals surface area contributed by atoms with Crippen molar-refractivity contribution in [3.05, 3.63) is 45.1 Å². The van der Waals surface area contributed by atoms with Crippen LogP contribution in [0.3, 0.4) is 0 Å². The summed E-state index contributed by atoms with van der Waals surface area (Å²) in [7, 11) is 3.21. The van der Waals surface area contributed by atoms with Crippen LogP contribution in [0, 0.1) is 0 Å². The Hall–Kier alpha value is -2.09. The van der Waals surface area contributed by atoms with Crippen molar-refractivity contribution in [1.29, 1.82) is 0 Å². The SMILES string of the molecule is COc1ccc(OC)c2c1CN(CC(=O)N1CCc3sccc3C1)C[C@H]2O. The van der Waals surface area contributed by atoms with Gasteiger partial charge in [-0.2, -0.15) is 0 Å². The van der Waals surface area contributed by atoms with E-state index < -0.39 is 6.10 Å². The van der Waals surface area contributed by atoms with E-state index in [1.165, 1.54) is 10.4 Å². The van der Waals surface area contributed by atoms with E-state index in [4.69, 9.17) is 9.47 Å². The molecule has 7 heteroatoms. The Labute approximate surface area is 162 Å². The van der Waals surface area contributed by atoms with Crippen LogP contribution in [0.5, 0.6) is 11.5 Å². The van der Waals surface area contributed by atoms with Crippen molar-refractivity contribution in [2.24, 2.45) is 0 Å². The molecule has 1 N–H and O–H groups in total. The fourth-order valence-electron chi connectivity index (χ4n) is 4.02. The second kappa shape index (κ2) is 7.50. The molecular formula is C20H24N2O4S. The molecule has 2 aliphatic rings. The molecule has 0 fully saturated rings. The monoisotopic (exact) mass is 388 g/mol. The van der Waals surface area contributed by atoms with Crippen molar-refractivity contribution >= 4 is 17.2 Å². The predicted octanol–water partition coefficient (Wildman–Crippen LogP) is 2.20. The van der Waals surface area contributed by atoms with E-state index >= 15 is 0 Å². The summed E-state index contributed by atoms with van der Waals surface area (Å²) >= 11 is 1.77. The van der Waals surface area contributed by atoms with Crippen LogP contribution in [0.1, 0.15) is 27.7 Å². The van der Waals surface area contributed by atoms with Crippen molar-refractivity contribution in [3.63, 3.8) is 0 Å². The number of fused-ring (bicyclic) bond motifs is 2. The minimum atomic E-state index is -0.712. The number of aliphatic hydroxyl groups is 1. The van der Waals surface area contributed by atoms with Gasteiger partial charge in [-0.3, -0.25) is 9.69 Å². The number of hydrogen-bond acceptors (Lipinski definition) is 6. The van der Waals surface area contributed by atoms with E-state index in [1.807, 2.05) is 21.9 Å². The fraction of sp³-hybridized carbons (Fsp3) is 0.450. The highest BCUT2D eigenvalue weighted by atomic mass is 32.1. The average molecular weight is 388 g/mol. The van der Waals surface area contributed by atoms with Crippen LogP contribution < -0.4 is 9.47 Å². The number of benzene rings is 1. The lowest BCUT2D eigenvalue weighted by Gasteiger charge is -2.35. The van der Waals surface area contributed by atoms with Crippen LogP contribution in [0.4, 0.5) is 0 Å². The smallest absolute Gasteiger partial charge is 0.237 e. The second-order valence-electron chi connectivity index (χ2n) is 6.98. The van der Waals surface area contributed by atoms with E-state index in [0.717, 1.165) is 24.1 Å². The highest BCUT2D eigenvalue weighted by Gasteiger charge is 2.31. The zero-order valence-electron chi connectivity index (χ0n) is 15.6. The number of rotatable bonds is 4. The summed E-state index contributed by atoms with van der Waals surface area (Å²) in [5.74, 6) is 1.47. The third-order valence-corrected chi connectivity index (χ3v) is 6.40. The standard InChI is InChI=1S/C20H24N2O4S/c1-25-16-3-4-17(26-2)20-14(16)10-21(11-15(20)23)12-19(24)22-7-5-18-13(9-22)6-8-27-18/h3-4,6,8,15,23H,5,7,9-12H2,1-2H3/t15-/m1/s1. The summed E-state index contributed by atoms with van der Waals surface area (Å²) < 4.78 is 10.9. The van der Waals surface area contributed by atoms with Gasteiger partial charge in [0.2, 0.25) is 5.91 Å². The number of ether oxygens (including phenoxy) is 2. The van der Waals surface area contributed by atoms with Gasteiger partial charge in [-0.15, -0.1) is 11.3 Å². The van der Waals surface area contributed by atoms with Gasteiger partial charge >= 0.3 is 0 Å². The van der Waals surface area contributed by atoms with Gasteiger partial charge in [0.05, 0.1) is 26.9 Å². The third-order valence-electron chi connectivity index (χ3n) is 5.38. The minimum absolute atomic E-state index is 0.101. The Morgan fingerprint density at radius 1 is 1.22 bits per heavy atom. The summed E-state index contributed by atoms with van der Waals surface area (Å²) in [6.45, 7) is 2.68. The van der Waals surface area contributed by atoms with Crippen molar-refractivity contribution in [1.82, 2.24) is 9.80 Å². The topological polar surface area (TPSA) is 62.2 Å². The van der Waals surface area contributed by atoms with Crippen LogP contribution in [0.2, 0.25) is 0 Å². The van der Waals surface area contributed by atoms with Crippen LogP contribution in [-0.2, 0) is 24.3 Å². The molecule has 6 nitrogen and oxygen atoms in total. The molecule has 3 heterocycles. The zero-order valence-corrected chi connectivity index (χ0v) is 16.4. The van der Waals surface area contributed by atoms with E-state index in [1.54, 1.807) is 25.6 Å². The average Bonchev–Trinajstić information content (AvgIpc) is 3.14. The molecule has 1 atom stereocenters. The lowest BCUT2D eigenvalue weighted by atomic mass is 9.95. The predicted molar refractivity (Wildman–Crippen MR) is 103 cm³/mol. The number of aliphatic hydroxyl groups excluding tert-OH is 1. The first kappa shape index (κ1) is 18.3. The highest BCUT2D eigenvalue weighted by Crippen LogP contribution is 2.39. The van der Waals surface area contributed by atoms with Gasteiger partial charge in [0.15, 0.2) is 0 Å². The second-order valence-corrected chi connectivity index (χ2v) is 7.98. The van der Waals surface area contributed by atoms with E-state index in [0.29, 0.717) is 31.1 Å².